The normalized spacial score (nSPS) is 12.1. The second-order valence-electron chi connectivity index (χ2n) is 5.09. The first kappa shape index (κ1) is 13.8. The Morgan fingerprint density at radius 3 is 2.62 bits per heavy atom. The van der Waals surface area contributed by atoms with Gasteiger partial charge in [0, 0.05) is 35.4 Å². The smallest absolute Gasteiger partial charge is 0.240 e. The number of nitrogens with two attached hydrogens (primary N) is 1. The largest absolute Gasteiger partial charge is 0.339 e. The monoisotopic (exact) mass is 304 g/mol. The highest BCUT2D eigenvalue weighted by Gasteiger charge is 2.21. The summed E-state index contributed by atoms with van der Waals surface area (Å²) in [6, 6.07) is 7.37. The van der Waals surface area contributed by atoms with E-state index in [4.69, 9.17) is 5.14 Å². The Labute approximate surface area is 122 Å². The number of fused-ring (bicyclic) bond motifs is 1. The predicted octanol–water partition coefficient (Wildman–Crippen LogP) is 1.38. The summed E-state index contributed by atoms with van der Waals surface area (Å²) in [5.74, 6) is 0. The van der Waals surface area contributed by atoms with Crippen LogP contribution in [0, 0.1) is 6.92 Å². The highest BCUT2D eigenvalue weighted by Crippen LogP contribution is 2.29. The summed E-state index contributed by atoms with van der Waals surface area (Å²) in [7, 11) is -1.92. The molecule has 7 heteroatoms. The molecular formula is C14H16N4O2S. The maximum atomic E-state index is 11.9. The average Bonchev–Trinajstić information content (AvgIpc) is 2.92. The van der Waals surface area contributed by atoms with Crippen LogP contribution in [0.3, 0.4) is 0 Å². The van der Waals surface area contributed by atoms with Crippen LogP contribution in [0.5, 0.6) is 0 Å². The van der Waals surface area contributed by atoms with Gasteiger partial charge in [-0.1, -0.05) is 18.2 Å². The predicted molar refractivity (Wildman–Crippen MR) is 80.4 cm³/mol. The van der Waals surface area contributed by atoms with E-state index in [1.54, 1.807) is 23.9 Å². The van der Waals surface area contributed by atoms with Crippen LogP contribution >= 0.6 is 0 Å². The topological polar surface area (TPSA) is 82.9 Å². The first-order valence-corrected chi connectivity index (χ1v) is 8.00. The number of hydrogen-bond donors (Lipinski definition) is 1. The van der Waals surface area contributed by atoms with Crippen LogP contribution in [-0.2, 0) is 23.6 Å². The summed E-state index contributed by atoms with van der Waals surface area (Å²) in [5, 5.41) is 10.2. The van der Waals surface area contributed by atoms with Gasteiger partial charge in [0.25, 0.3) is 0 Å². The Morgan fingerprint density at radius 2 is 2.00 bits per heavy atom. The lowest BCUT2D eigenvalue weighted by Crippen LogP contribution is -2.14. The van der Waals surface area contributed by atoms with E-state index in [9.17, 15) is 8.42 Å². The van der Waals surface area contributed by atoms with Gasteiger partial charge in [-0.3, -0.25) is 4.68 Å². The Hall–Kier alpha value is -2.12. The highest BCUT2D eigenvalue weighted by atomic mass is 32.2. The van der Waals surface area contributed by atoms with E-state index in [0.29, 0.717) is 17.6 Å². The fourth-order valence-electron chi connectivity index (χ4n) is 2.70. The van der Waals surface area contributed by atoms with Crippen molar-refractivity contribution in [1.82, 2.24) is 14.3 Å². The van der Waals surface area contributed by atoms with Crippen molar-refractivity contribution in [1.29, 1.82) is 0 Å². The summed E-state index contributed by atoms with van der Waals surface area (Å²) in [4.78, 5) is 0.196. The maximum Gasteiger partial charge on any atom is 0.240 e. The zero-order valence-corrected chi connectivity index (χ0v) is 12.6. The van der Waals surface area contributed by atoms with E-state index in [1.165, 1.54) is 0 Å². The molecule has 0 spiro atoms. The van der Waals surface area contributed by atoms with Crippen molar-refractivity contribution >= 4 is 20.9 Å². The van der Waals surface area contributed by atoms with Crippen LogP contribution in [0.1, 0.15) is 11.3 Å². The van der Waals surface area contributed by atoms with E-state index < -0.39 is 10.0 Å². The fraction of sp³-hybridized carbons (Fsp3) is 0.214. The number of sulfonamides is 1. The molecule has 3 aromatic rings. The number of hydrogen-bond acceptors (Lipinski definition) is 3. The summed E-state index contributed by atoms with van der Waals surface area (Å²) >= 11 is 0. The average molecular weight is 304 g/mol. The van der Waals surface area contributed by atoms with E-state index >= 15 is 0 Å². The Morgan fingerprint density at radius 1 is 1.29 bits per heavy atom. The zero-order chi connectivity index (χ0) is 15.2. The van der Waals surface area contributed by atoms with Crippen LogP contribution in [-0.4, -0.2) is 22.8 Å². The summed E-state index contributed by atoms with van der Waals surface area (Å²) < 4.78 is 27.4. The minimum Gasteiger partial charge on any atom is -0.339 e. The van der Waals surface area contributed by atoms with Crippen molar-refractivity contribution in [3.05, 3.63) is 47.9 Å². The molecule has 0 aliphatic rings. The number of para-hydroxylation sites is 1. The molecule has 0 amide bonds. The summed E-state index contributed by atoms with van der Waals surface area (Å²) in [6.45, 7) is 2.33. The Kier molecular flexibility index (Phi) is 3.11. The molecule has 0 atom stereocenters. The van der Waals surface area contributed by atoms with Gasteiger partial charge < -0.3 is 4.57 Å². The lowest BCUT2D eigenvalue weighted by atomic mass is 10.2. The van der Waals surface area contributed by atoms with Crippen LogP contribution in [0.15, 0.2) is 41.6 Å². The molecule has 2 N–H and O–H groups in total. The van der Waals surface area contributed by atoms with Gasteiger partial charge in [-0.15, -0.1) is 0 Å². The number of primary sulfonamides is 1. The van der Waals surface area contributed by atoms with Gasteiger partial charge in [0.05, 0.1) is 12.7 Å². The third kappa shape index (κ3) is 2.34. The molecule has 0 saturated carbocycles. The molecule has 6 nitrogen and oxygen atoms in total. The number of aryl methyl sites for hydroxylation is 1. The van der Waals surface area contributed by atoms with Crippen molar-refractivity contribution < 1.29 is 8.42 Å². The quantitative estimate of drug-likeness (QED) is 0.793. The van der Waals surface area contributed by atoms with Crippen LogP contribution in [0.2, 0.25) is 0 Å². The second-order valence-corrected chi connectivity index (χ2v) is 6.58. The molecule has 0 unspecified atom stereocenters. The molecule has 3 rings (SSSR count). The van der Waals surface area contributed by atoms with Gasteiger partial charge in [0.15, 0.2) is 0 Å². The van der Waals surface area contributed by atoms with Gasteiger partial charge in [-0.05, 0) is 13.0 Å². The molecule has 110 valence electrons. The third-order valence-corrected chi connectivity index (χ3v) is 4.64. The molecule has 21 heavy (non-hydrogen) atoms. The first-order valence-electron chi connectivity index (χ1n) is 6.46. The lowest BCUT2D eigenvalue weighted by Gasteiger charge is -2.06. The Bertz CT molecular complexity index is 922. The molecule has 2 heterocycles. The fourth-order valence-corrected chi connectivity index (χ4v) is 3.70. The van der Waals surface area contributed by atoms with E-state index in [-0.39, 0.29) is 4.90 Å². The summed E-state index contributed by atoms with van der Waals surface area (Å²) in [6.07, 6.45) is 3.68. The number of rotatable bonds is 3. The maximum absolute atomic E-state index is 11.9. The van der Waals surface area contributed by atoms with Crippen molar-refractivity contribution in [3.8, 4) is 0 Å². The van der Waals surface area contributed by atoms with E-state index in [0.717, 1.165) is 11.1 Å². The second kappa shape index (κ2) is 4.71. The van der Waals surface area contributed by atoms with Gasteiger partial charge in [-0.2, -0.15) is 5.10 Å². The zero-order valence-electron chi connectivity index (χ0n) is 11.8. The molecule has 1 aromatic carbocycles. The van der Waals surface area contributed by atoms with Crippen LogP contribution in [0.4, 0.5) is 0 Å². The number of aromatic nitrogens is 3. The number of nitrogens with zero attached hydrogens (tertiary/aromatic N) is 3. The van der Waals surface area contributed by atoms with Crippen molar-refractivity contribution in [2.45, 2.75) is 18.4 Å². The molecule has 0 saturated heterocycles. The SMILES string of the molecule is Cc1c(S(N)(=O)=O)c2ccccc2n1Cc1cnn(C)c1. The molecule has 0 bridgehead atoms. The molecule has 0 aliphatic heterocycles. The van der Waals surface area contributed by atoms with Gasteiger partial charge in [-0.25, -0.2) is 13.6 Å². The Balaban J connectivity index is 2.25. The van der Waals surface area contributed by atoms with E-state index in [2.05, 4.69) is 5.10 Å². The van der Waals surface area contributed by atoms with Gasteiger partial charge >= 0.3 is 0 Å². The lowest BCUT2D eigenvalue weighted by molar-refractivity contribution is 0.597. The van der Waals surface area contributed by atoms with Crippen molar-refractivity contribution in [3.63, 3.8) is 0 Å². The van der Waals surface area contributed by atoms with Crippen LogP contribution < -0.4 is 5.14 Å². The van der Waals surface area contributed by atoms with Crippen LogP contribution in [0.25, 0.3) is 10.9 Å². The molecule has 0 fully saturated rings. The van der Waals surface area contributed by atoms with Gasteiger partial charge in [0.1, 0.15) is 4.90 Å². The standard InChI is InChI=1S/C14H16N4O2S/c1-10-14(21(15,19)20)12-5-3-4-6-13(12)18(10)9-11-7-16-17(2)8-11/h3-8H,9H2,1-2H3,(H2,15,19,20). The molecule has 0 aliphatic carbocycles. The first-order chi connectivity index (χ1) is 9.88. The van der Waals surface area contributed by atoms with E-state index in [1.807, 2.05) is 36.0 Å². The minimum absolute atomic E-state index is 0.196. The molecule has 0 radical (unpaired) electrons. The summed E-state index contributed by atoms with van der Waals surface area (Å²) in [5.41, 5.74) is 2.49. The highest BCUT2D eigenvalue weighted by molar-refractivity contribution is 7.89. The minimum atomic E-state index is -3.77. The van der Waals surface area contributed by atoms with Crippen molar-refractivity contribution in [2.24, 2.45) is 12.2 Å². The molecule has 2 aromatic heterocycles. The number of benzene rings is 1. The van der Waals surface area contributed by atoms with Gasteiger partial charge in [0.2, 0.25) is 10.0 Å². The molecular weight excluding hydrogens is 288 g/mol. The third-order valence-electron chi connectivity index (χ3n) is 3.56. The van der Waals surface area contributed by atoms with Crippen molar-refractivity contribution in [2.75, 3.05) is 0 Å².